The van der Waals surface area contributed by atoms with Gasteiger partial charge in [0.25, 0.3) is 5.91 Å². The third-order valence-corrected chi connectivity index (χ3v) is 2.73. The highest BCUT2D eigenvalue weighted by Crippen LogP contribution is 2.14. The molecule has 92 valence electrons. The summed E-state index contributed by atoms with van der Waals surface area (Å²) in [6.07, 6.45) is 1.61. The van der Waals surface area contributed by atoms with Crippen molar-refractivity contribution in [2.45, 2.75) is 6.54 Å². The SMILES string of the molecule is CN(C(=O)c1cc(CN)ccn1)c1ccccc1. The van der Waals surface area contributed by atoms with Crippen LogP contribution in [-0.4, -0.2) is 17.9 Å². The number of aromatic nitrogens is 1. The summed E-state index contributed by atoms with van der Waals surface area (Å²) in [5.41, 5.74) is 7.69. The van der Waals surface area contributed by atoms with E-state index < -0.39 is 0 Å². The summed E-state index contributed by atoms with van der Waals surface area (Å²) in [6, 6.07) is 13.0. The maximum atomic E-state index is 12.2. The van der Waals surface area contributed by atoms with Gasteiger partial charge in [0.1, 0.15) is 5.69 Å². The second-order valence-electron chi connectivity index (χ2n) is 3.95. The van der Waals surface area contributed by atoms with E-state index in [-0.39, 0.29) is 5.91 Å². The third kappa shape index (κ3) is 2.55. The van der Waals surface area contributed by atoms with Gasteiger partial charge in [-0.25, -0.2) is 0 Å². The number of nitrogens with two attached hydrogens (primary N) is 1. The van der Waals surface area contributed by atoms with Crippen molar-refractivity contribution < 1.29 is 4.79 Å². The van der Waals surface area contributed by atoms with E-state index in [1.165, 1.54) is 0 Å². The standard InChI is InChI=1S/C14H15N3O/c1-17(12-5-3-2-4-6-12)14(18)13-9-11(10-15)7-8-16-13/h2-9H,10,15H2,1H3. The lowest BCUT2D eigenvalue weighted by molar-refractivity contribution is 0.0988. The van der Waals surface area contributed by atoms with Crippen LogP contribution in [-0.2, 0) is 6.54 Å². The molecule has 4 heteroatoms. The maximum Gasteiger partial charge on any atom is 0.276 e. The summed E-state index contributed by atoms with van der Waals surface area (Å²) in [7, 11) is 1.73. The van der Waals surface area contributed by atoms with Crippen LogP contribution >= 0.6 is 0 Å². The first-order valence-corrected chi connectivity index (χ1v) is 5.70. The van der Waals surface area contributed by atoms with Gasteiger partial charge in [0.2, 0.25) is 0 Å². The van der Waals surface area contributed by atoms with Gasteiger partial charge in [-0.2, -0.15) is 0 Å². The van der Waals surface area contributed by atoms with Crippen LogP contribution in [0.4, 0.5) is 5.69 Å². The highest BCUT2D eigenvalue weighted by Gasteiger charge is 2.14. The molecular weight excluding hydrogens is 226 g/mol. The van der Waals surface area contributed by atoms with E-state index in [1.54, 1.807) is 30.3 Å². The van der Waals surface area contributed by atoms with Gasteiger partial charge >= 0.3 is 0 Å². The molecule has 1 heterocycles. The summed E-state index contributed by atoms with van der Waals surface area (Å²) in [5.74, 6) is -0.142. The van der Waals surface area contributed by atoms with Crippen molar-refractivity contribution in [2.75, 3.05) is 11.9 Å². The molecule has 2 rings (SSSR count). The van der Waals surface area contributed by atoms with Gasteiger partial charge in [-0.15, -0.1) is 0 Å². The van der Waals surface area contributed by atoms with Crippen LogP contribution in [0.1, 0.15) is 16.1 Å². The van der Waals surface area contributed by atoms with Crippen LogP contribution in [0, 0.1) is 0 Å². The van der Waals surface area contributed by atoms with E-state index >= 15 is 0 Å². The molecule has 0 radical (unpaired) electrons. The molecule has 0 saturated heterocycles. The third-order valence-electron chi connectivity index (χ3n) is 2.73. The molecule has 1 aromatic heterocycles. The van der Waals surface area contributed by atoms with Crippen LogP contribution in [0.5, 0.6) is 0 Å². The number of hydrogen-bond acceptors (Lipinski definition) is 3. The summed E-state index contributed by atoms with van der Waals surface area (Å²) in [6.45, 7) is 0.401. The molecule has 2 aromatic rings. The Kier molecular flexibility index (Phi) is 3.69. The fourth-order valence-corrected chi connectivity index (χ4v) is 1.66. The lowest BCUT2D eigenvalue weighted by Crippen LogP contribution is -2.27. The van der Waals surface area contributed by atoms with Gasteiger partial charge in [0.15, 0.2) is 0 Å². The number of rotatable bonds is 3. The number of pyridine rings is 1. The minimum absolute atomic E-state index is 0.142. The summed E-state index contributed by atoms with van der Waals surface area (Å²) >= 11 is 0. The maximum absolute atomic E-state index is 12.2. The van der Waals surface area contributed by atoms with Gasteiger partial charge in [-0.1, -0.05) is 18.2 Å². The Labute approximate surface area is 106 Å². The molecule has 0 bridgehead atoms. The molecule has 1 aromatic carbocycles. The summed E-state index contributed by atoms with van der Waals surface area (Å²) in [4.78, 5) is 17.9. The van der Waals surface area contributed by atoms with E-state index in [4.69, 9.17) is 5.73 Å². The molecule has 0 aliphatic rings. The first-order valence-electron chi connectivity index (χ1n) is 5.70. The van der Waals surface area contributed by atoms with E-state index in [9.17, 15) is 4.79 Å². The van der Waals surface area contributed by atoms with E-state index in [0.29, 0.717) is 12.2 Å². The second kappa shape index (κ2) is 5.42. The monoisotopic (exact) mass is 241 g/mol. The van der Waals surface area contributed by atoms with Crippen molar-refractivity contribution in [2.24, 2.45) is 5.73 Å². The van der Waals surface area contributed by atoms with Crippen LogP contribution in [0.25, 0.3) is 0 Å². The summed E-state index contributed by atoms with van der Waals surface area (Å²) in [5, 5.41) is 0. The molecule has 0 unspecified atom stereocenters. The van der Waals surface area contributed by atoms with Crippen LogP contribution in [0.2, 0.25) is 0 Å². The predicted octanol–water partition coefficient (Wildman–Crippen LogP) is 1.82. The van der Waals surface area contributed by atoms with Crippen molar-refractivity contribution in [3.8, 4) is 0 Å². The quantitative estimate of drug-likeness (QED) is 0.891. The number of carbonyl (C=O) groups excluding carboxylic acids is 1. The Morgan fingerprint density at radius 2 is 2.00 bits per heavy atom. The topological polar surface area (TPSA) is 59.2 Å². The minimum Gasteiger partial charge on any atom is -0.326 e. The Morgan fingerprint density at radius 3 is 2.67 bits per heavy atom. The minimum atomic E-state index is -0.142. The molecule has 2 N–H and O–H groups in total. The van der Waals surface area contributed by atoms with Crippen molar-refractivity contribution >= 4 is 11.6 Å². The van der Waals surface area contributed by atoms with E-state index in [0.717, 1.165) is 11.3 Å². The van der Waals surface area contributed by atoms with Crippen molar-refractivity contribution in [3.05, 3.63) is 59.9 Å². The van der Waals surface area contributed by atoms with Gasteiger partial charge in [0.05, 0.1) is 0 Å². The Balaban J connectivity index is 2.25. The molecule has 0 spiro atoms. The fraction of sp³-hybridized carbons (Fsp3) is 0.143. The van der Waals surface area contributed by atoms with Crippen molar-refractivity contribution in [3.63, 3.8) is 0 Å². The fourth-order valence-electron chi connectivity index (χ4n) is 1.66. The predicted molar refractivity (Wildman–Crippen MR) is 71.3 cm³/mol. The van der Waals surface area contributed by atoms with Gasteiger partial charge in [0, 0.05) is 25.5 Å². The number of carbonyl (C=O) groups is 1. The highest BCUT2D eigenvalue weighted by atomic mass is 16.2. The second-order valence-corrected chi connectivity index (χ2v) is 3.95. The highest BCUT2D eigenvalue weighted by molar-refractivity contribution is 6.04. The molecule has 0 aliphatic carbocycles. The lowest BCUT2D eigenvalue weighted by atomic mass is 10.2. The molecule has 0 aliphatic heterocycles. The molecular formula is C14H15N3O. The average molecular weight is 241 g/mol. The molecule has 4 nitrogen and oxygen atoms in total. The molecule has 0 fully saturated rings. The van der Waals surface area contributed by atoms with E-state index in [1.807, 2.05) is 30.3 Å². The molecule has 0 atom stereocenters. The zero-order chi connectivity index (χ0) is 13.0. The smallest absolute Gasteiger partial charge is 0.276 e. The number of para-hydroxylation sites is 1. The Bertz CT molecular complexity index is 540. The average Bonchev–Trinajstić information content (AvgIpc) is 2.46. The van der Waals surface area contributed by atoms with Crippen molar-refractivity contribution in [1.82, 2.24) is 4.98 Å². The van der Waals surface area contributed by atoms with Crippen LogP contribution in [0.15, 0.2) is 48.7 Å². The zero-order valence-electron chi connectivity index (χ0n) is 10.2. The molecule has 18 heavy (non-hydrogen) atoms. The molecule has 0 saturated carbocycles. The Morgan fingerprint density at radius 1 is 1.28 bits per heavy atom. The number of amides is 1. The van der Waals surface area contributed by atoms with Crippen LogP contribution in [0.3, 0.4) is 0 Å². The van der Waals surface area contributed by atoms with E-state index in [2.05, 4.69) is 4.98 Å². The summed E-state index contributed by atoms with van der Waals surface area (Å²) < 4.78 is 0. The van der Waals surface area contributed by atoms with Gasteiger partial charge in [-0.05, 0) is 29.8 Å². The largest absolute Gasteiger partial charge is 0.326 e. The Hall–Kier alpha value is -2.20. The first kappa shape index (κ1) is 12.3. The molecule has 1 amide bonds. The first-order chi connectivity index (χ1) is 8.72. The number of nitrogens with zero attached hydrogens (tertiary/aromatic N) is 2. The van der Waals surface area contributed by atoms with Crippen molar-refractivity contribution in [1.29, 1.82) is 0 Å². The number of hydrogen-bond donors (Lipinski definition) is 1. The van der Waals surface area contributed by atoms with Gasteiger partial charge < -0.3 is 10.6 Å². The normalized spacial score (nSPS) is 10.1. The lowest BCUT2D eigenvalue weighted by Gasteiger charge is -2.16. The number of benzene rings is 1. The van der Waals surface area contributed by atoms with Gasteiger partial charge in [-0.3, -0.25) is 9.78 Å². The van der Waals surface area contributed by atoms with Crippen LogP contribution < -0.4 is 10.6 Å². The zero-order valence-corrected chi connectivity index (χ0v) is 10.2. The number of anilines is 1.